The fraction of sp³-hybridized carbons (Fsp3) is 0.0909. The molecule has 3 rings (SSSR count). The Morgan fingerprint density at radius 3 is 2.25 bits per heavy atom. The molecule has 0 radical (unpaired) electrons. The van der Waals surface area contributed by atoms with Gasteiger partial charge >= 0.3 is 0 Å². The van der Waals surface area contributed by atoms with E-state index in [1.807, 2.05) is 26.0 Å². The van der Waals surface area contributed by atoms with Crippen molar-refractivity contribution in [3.63, 3.8) is 0 Å². The second-order valence-electron chi connectivity index (χ2n) is 6.46. The van der Waals surface area contributed by atoms with E-state index in [4.69, 9.17) is 0 Å². The molecule has 0 saturated carbocycles. The van der Waals surface area contributed by atoms with E-state index in [2.05, 4.69) is 10.3 Å². The fourth-order valence-corrected chi connectivity index (χ4v) is 4.22. The SMILES string of the molecule is Cc1cc(C)cc(S(=O)(=O)c2ccc(NC(=O)C=Cc3cccnc3)cc2)c1. The number of pyridine rings is 1. The molecule has 0 aliphatic heterocycles. The lowest BCUT2D eigenvalue weighted by molar-refractivity contribution is -0.111. The molecule has 5 nitrogen and oxygen atoms in total. The first-order valence-corrected chi connectivity index (χ1v) is 10.2. The molecule has 0 bridgehead atoms. The molecule has 0 spiro atoms. The molecule has 3 aromatic rings. The third kappa shape index (κ3) is 4.72. The van der Waals surface area contributed by atoms with Gasteiger partial charge in [0.2, 0.25) is 15.7 Å². The second kappa shape index (κ2) is 8.19. The van der Waals surface area contributed by atoms with E-state index in [1.165, 1.54) is 18.2 Å². The van der Waals surface area contributed by atoms with Crippen LogP contribution in [0.5, 0.6) is 0 Å². The number of hydrogen-bond acceptors (Lipinski definition) is 4. The zero-order valence-corrected chi connectivity index (χ0v) is 16.4. The summed E-state index contributed by atoms with van der Waals surface area (Å²) >= 11 is 0. The van der Waals surface area contributed by atoms with Crippen molar-refractivity contribution in [3.05, 3.63) is 89.8 Å². The number of hydrogen-bond donors (Lipinski definition) is 1. The molecule has 0 saturated heterocycles. The largest absolute Gasteiger partial charge is 0.323 e. The second-order valence-corrected chi connectivity index (χ2v) is 8.41. The molecule has 0 fully saturated rings. The number of aryl methyl sites for hydroxylation is 2. The van der Waals surface area contributed by atoms with E-state index in [9.17, 15) is 13.2 Å². The summed E-state index contributed by atoms with van der Waals surface area (Å²) < 4.78 is 25.7. The van der Waals surface area contributed by atoms with Crippen LogP contribution in [0.1, 0.15) is 16.7 Å². The summed E-state index contributed by atoms with van der Waals surface area (Å²) in [4.78, 5) is 16.4. The van der Waals surface area contributed by atoms with Crippen molar-refractivity contribution in [2.75, 3.05) is 5.32 Å². The number of nitrogens with zero attached hydrogens (tertiary/aromatic N) is 1. The highest BCUT2D eigenvalue weighted by Gasteiger charge is 2.18. The van der Waals surface area contributed by atoms with Crippen molar-refractivity contribution in [2.45, 2.75) is 23.6 Å². The zero-order chi connectivity index (χ0) is 20.1. The van der Waals surface area contributed by atoms with Gasteiger partial charge in [-0.25, -0.2) is 8.42 Å². The van der Waals surface area contributed by atoms with Crippen LogP contribution < -0.4 is 5.32 Å². The van der Waals surface area contributed by atoms with Gasteiger partial charge in [0, 0.05) is 24.2 Å². The van der Waals surface area contributed by atoms with Gasteiger partial charge < -0.3 is 5.32 Å². The standard InChI is InChI=1S/C22H20N2O3S/c1-16-12-17(2)14-21(13-16)28(26,27)20-8-6-19(7-9-20)24-22(25)10-5-18-4-3-11-23-15-18/h3-15H,1-2H3,(H,24,25). The summed E-state index contributed by atoms with van der Waals surface area (Å²) in [7, 11) is -3.61. The summed E-state index contributed by atoms with van der Waals surface area (Å²) in [6.07, 6.45) is 6.36. The van der Waals surface area contributed by atoms with Crippen LogP contribution in [-0.2, 0) is 14.6 Å². The van der Waals surface area contributed by atoms with Crippen molar-refractivity contribution in [1.29, 1.82) is 0 Å². The molecule has 1 N–H and O–H groups in total. The van der Waals surface area contributed by atoms with Gasteiger partial charge in [-0.1, -0.05) is 12.1 Å². The normalized spacial score (nSPS) is 11.5. The summed E-state index contributed by atoms with van der Waals surface area (Å²) in [6, 6.07) is 15.0. The Bertz CT molecular complexity index is 1100. The molecule has 1 aromatic heterocycles. The molecule has 1 heterocycles. The summed E-state index contributed by atoms with van der Waals surface area (Å²) in [6.45, 7) is 3.73. The quantitative estimate of drug-likeness (QED) is 0.661. The minimum atomic E-state index is -3.61. The molecule has 0 aliphatic rings. The van der Waals surface area contributed by atoms with Gasteiger partial charge in [0.05, 0.1) is 9.79 Å². The topological polar surface area (TPSA) is 76.1 Å². The van der Waals surface area contributed by atoms with E-state index in [0.717, 1.165) is 16.7 Å². The van der Waals surface area contributed by atoms with Crippen LogP contribution in [0.15, 0.2) is 82.9 Å². The maximum absolute atomic E-state index is 12.8. The van der Waals surface area contributed by atoms with Crippen LogP contribution in [0.3, 0.4) is 0 Å². The molecular weight excluding hydrogens is 372 g/mol. The number of amides is 1. The maximum atomic E-state index is 12.8. The molecule has 0 aliphatic carbocycles. The van der Waals surface area contributed by atoms with Crippen molar-refractivity contribution >= 4 is 27.5 Å². The molecule has 142 valence electrons. The lowest BCUT2D eigenvalue weighted by Crippen LogP contribution is -2.08. The molecule has 6 heteroatoms. The number of nitrogens with one attached hydrogen (secondary N) is 1. The number of carbonyl (C=O) groups excluding carboxylic acids is 1. The van der Waals surface area contributed by atoms with Crippen LogP contribution in [0, 0.1) is 13.8 Å². The Hall–Kier alpha value is -3.25. The van der Waals surface area contributed by atoms with Crippen molar-refractivity contribution in [2.24, 2.45) is 0 Å². The van der Waals surface area contributed by atoms with Crippen LogP contribution in [0.25, 0.3) is 6.08 Å². The minimum Gasteiger partial charge on any atom is -0.323 e. The Kier molecular flexibility index (Phi) is 5.70. The number of aromatic nitrogens is 1. The van der Waals surface area contributed by atoms with Crippen molar-refractivity contribution in [3.8, 4) is 0 Å². The van der Waals surface area contributed by atoms with Gasteiger partial charge in [0.25, 0.3) is 0 Å². The van der Waals surface area contributed by atoms with E-state index in [-0.39, 0.29) is 15.7 Å². The maximum Gasteiger partial charge on any atom is 0.248 e. The van der Waals surface area contributed by atoms with Crippen molar-refractivity contribution in [1.82, 2.24) is 4.98 Å². The summed E-state index contributed by atoms with van der Waals surface area (Å²) in [5.41, 5.74) is 3.11. The van der Waals surface area contributed by atoms with Crippen LogP contribution in [0.2, 0.25) is 0 Å². The van der Waals surface area contributed by atoms with Gasteiger partial charge in [0.15, 0.2) is 0 Å². The average molecular weight is 392 g/mol. The number of anilines is 1. The van der Waals surface area contributed by atoms with Crippen LogP contribution in [0.4, 0.5) is 5.69 Å². The predicted octanol–water partition coefficient (Wildman–Crippen LogP) is 4.18. The monoisotopic (exact) mass is 392 g/mol. The van der Waals surface area contributed by atoms with Crippen molar-refractivity contribution < 1.29 is 13.2 Å². The highest BCUT2D eigenvalue weighted by molar-refractivity contribution is 7.91. The third-order valence-electron chi connectivity index (χ3n) is 4.05. The highest BCUT2D eigenvalue weighted by Crippen LogP contribution is 2.24. The Balaban J connectivity index is 1.74. The molecule has 0 unspecified atom stereocenters. The first-order valence-electron chi connectivity index (χ1n) is 8.67. The minimum absolute atomic E-state index is 0.182. The van der Waals surface area contributed by atoms with Gasteiger partial charge in [-0.3, -0.25) is 9.78 Å². The fourth-order valence-electron chi connectivity index (χ4n) is 2.77. The van der Waals surface area contributed by atoms with Gasteiger partial charge in [-0.15, -0.1) is 0 Å². The Labute approximate surface area is 164 Å². The first kappa shape index (κ1) is 19.5. The number of rotatable bonds is 5. The predicted molar refractivity (Wildman–Crippen MR) is 110 cm³/mol. The average Bonchev–Trinajstić information content (AvgIpc) is 2.67. The van der Waals surface area contributed by atoms with E-state index < -0.39 is 9.84 Å². The van der Waals surface area contributed by atoms with Gasteiger partial charge in [-0.05, 0) is 79.1 Å². The molecule has 28 heavy (non-hydrogen) atoms. The summed E-state index contributed by atoms with van der Waals surface area (Å²) in [5.74, 6) is -0.311. The lowest BCUT2D eigenvalue weighted by Gasteiger charge is -2.08. The Morgan fingerprint density at radius 2 is 1.64 bits per heavy atom. The smallest absolute Gasteiger partial charge is 0.248 e. The lowest BCUT2D eigenvalue weighted by atomic mass is 10.2. The number of carbonyl (C=O) groups is 1. The Morgan fingerprint density at radius 1 is 0.964 bits per heavy atom. The van der Waals surface area contributed by atoms with Crippen LogP contribution in [-0.4, -0.2) is 19.3 Å². The molecule has 1 amide bonds. The highest BCUT2D eigenvalue weighted by atomic mass is 32.2. The van der Waals surface area contributed by atoms with E-state index in [1.54, 1.807) is 48.8 Å². The van der Waals surface area contributed by atoms with Gasteiger partial charge in [0.1, 0.15) is 0 Å². The zero-order valence-electron chi connectivity index (χ0n) is 15.6. The molecule has 0 atom stereocenters. The summed E-state index contributed by atoms with van der Waals surface area (Å²) in [5, 5.41) is 2.71. The number of benzene rings is 2. The van der Waals surface area contributed by atoms with E-state index >= 15 is 0 Å². The number of sulfone groups is 1. The van der Waals surface area contributed by atoms with E-state index in [0.29, 0.717) is 5.69 Å². The first-order chi connectivity index (χ1) is 13.3. The van der Waals surface area contributed by atoms with Crippen LogP contribution >= 0.6 is 0 Å². The molecule has 2 aromatic carbocycles. The molecular formula is C22H20N2O3S. The third-order valence-corrected chi connectivity index (χ3v) is 5.80. The van der Waals surface area contributed by atoms with Gasteiger partial charge in [-0.2, -0.15) is 0 Å².